The molecule has 0 N–H and O–H groups in total. The normalized spacial score (nSPS) is 11.3. The lowest BCUT2D eigenvalue weighted by molar-refractivity contribution is -0.137. The summed E-state index contributed by atoms with van der Waals surface area (Å²) in [6.45, 7) is 9.46. The Bertz CT molecular complexity index is 4220. The van der Waals surface area contributed by atoms with Gasteiger partial charge < -0.3 is 9.13 Å². The lowest BCUT2D eigenvalue weighted by atomic mass is 9.93. The molecule has 2 aromatic heterocycles. The van der Waals surface area contributed by atoms with Crippen LogP contribution in [0.2, 0.25) is 0 Å². The summed E-state index contributed by atoms with van der Waals surface area (Å²) in [7, 11) is 0. The number of aromatic nitrogens is 2. The SMILES string of the molecule is [C-]#[N+]c1cccc(-c2ccc3c4ccc(-c5cccc(C#N)c5)cc4n(-c4cc(C#N)cc(-n5c6cc(-c7cccc(C#N)c7)ccc6c6ccc(-c7cccc(C#N)c7)cc65)c4-c4ccc(C(F)(F)F)cc4C)c3c2)c1. The first kappa shape index (κ1) is 47.1. The summed E-state index contributed by atoms with van der Waals surface area (Å²) in [5.41, 5.74) is 13.0. The van der Waals surface area contributed by atoms with Crippen LogP contribution in [0.25, 0.3) is 115 Å². The van der Waals surface area contributed by atoms with Crippen LogP contribution in [0.15, 0.2) is 200 Å². The van der Waals surface area contributed by atoms with E-state index in [4.69, 9.17) is 6.57 Å². The number of fused-ring (bicyclic) bond motifs is 6. The topological polar surface area (TPSA) is 109 Å². The molecular formula is C67H36F3N7. The van der Waals surface area contributed by atoms with Crippen molar-refractivity contribution in [1.29, 1.82) is 21.0 Å². The first-order valence-electron chi connectivity index (χ1n) is 24.4. The van der Waals surface area contributed by atoms with Crippen molar-refractivity contribution in [1.82, 2.24) is 9.13 Å². The molecule has 0 fully saturated rings. The first-order chi connectivity index (χ1) is 37.4. The molecule has 77 heavy (non-hydrogen) atoms. The Labute approximate surface area is 440 Å². The molecule has 0 saturated heterocycles. The van der Waals surface area contributed by atoms with E-state index in [-0.39, 0.29) is 5.56 Å². The average molecular weight is 996 g/mol. The second-order valence-electron chi connectivity index (χ2n) is 18.9. The Morgan fingerprint density at radius 3 is 1.12 bits per heavy atom. The Kier molecular flexibility index (Phi) is 11.3. The molecule has 12 aromatic rings. The number of aryl methyl sites for hydroxylation is 1. The van der Waals surface area contributed by atoms with Gasteiger partial charge in [-0.05, 0) is 154 Å². The number of hydrogen-bond donors (Lipinski definition) is 0. The standard InChI is InChI=1S/C67H36F3N7/c1-40-25-53(67(68,69)70)19-24-55(40)66-64(76-60-32-49(45-10-3-7-41(26-45)36-71)15-20-56(60)57-21-16-50(33-61(57)76)46-11-4-8-42(27-46)37-72)29-44(39-74)30-65(66)77-62-34-51(47-12-5-9-43(28-47)38-73)17-22-58(62)59-23-18-52(35-63(59)77)48-13-6-14-54(31-48)75-2/h3-35H,1H3. The third-order valence-corrected chi connectivity index (χ3v) is 14.3. The third-order valence-electron chi connectivity index (χ3n) is 14.3. The van der Waals surface area contributed by atoms with Crippen molar-refractivity contribution < 1.29 is 13.2 Å². The van der Waals surface area contributed by atoms with Gasteiger partial charge >= 0.3 is 6.18 Å². The Morgan fingerprint density at radius 2 is 0.766 bits per heavy atom. The highest BCUT2D eigenvalue weighted by Crippen LogP contribution is 2.47. The van der Waals surface area contributed by atoms with E-state index in [0.29, 0.717) is 50.4 Å². The third kappa shape index (κ3) is 8.15. The van der Waals surface area contributed by atoms with Crippen LogP contribution in [0.3, 0.4) is 0 Å². The van der Waals surface area contributed by atoms with Gasteiger partial charge in [0.15, 0.2) is 5.69 Å². The zero-order chi connectivity index (χ0) is 53.1. The minimum Gasteiger partial charge on any atom is -0.308 e. The van der Waals surface area contributed by atoms with Gasteiger partial charge in [0.2, 0.25) is 0 Å². The van der Waals surface area contributed by atoms with E-state index < -0.39 is 11.7 Å². The maximum Gasteiger partial charge on any atom is 0.416 e. The van der Waals surface area contributed by atoms with E-state index in [9.17, 15) is 34.2 Å². The highest BCUT2D eigenvalue weighted by molar-refractivity contribution is 6.14. The van der Waals surface area contributed by atoms with E-state index in [2.05, 4.69) is 38.3 Å². The second kappa shape index (κ2) is 18.5. The summed E-state index contributed by atoms with van der Waals surface area (Å²) in [5, 5.41) is 44.5. The Hall–Kier alpha value is -11.0. The Morgan fingerprint density at radius 1 is 0.403 bits per heavy atom. The molecule has 10 heteroatoms. The predicted molar refractivity (Wildman–Crippen MR) is 297 cm³/mol. The van der Waals surface area contributed by atoms with Crippen LogP contribution in [-0.4, -0.2) is 9.13 Å². The van der Waals surface area contributed by atoms with Crippen molar-refractivity contribution in [2.24, 2.45) is 0 Å². The van der Waals surface area contributed by atoms with Crippen LogP contribution in [0.1, 0.15) is 33.4 Å². The van der Waals surface area contributed by atoms with Crippen LogP contribution >= 0.6 is 0 Å². The van der Waals surface area contributed by atoms with E-state index >= 15 is 0 Å². The minimum absolute atomic E-state index is 0.267. The van der Waals surface area contributed by atoms with Gasteiger partial charge in [0.1, 0.15) is 0 Å². The summed E-state index contributed by atoms with van der Waals surface area (Å²) in [5.74, 6) is 0. The van der Waals surface area contributed by atoms with E-state index in [1.54, 1.807) is 43.3 Å². The molecule has 0 radical (unpaired) electrons. The molecule has 0 spiro atoms. The maximum atomic E-state index is 14.7. The van der Waals surface area contributed by atoms with Crippen LogP contribution in [-0.2, 0) is 6.18 Å². The average Bonchev–Trinajstić information content (AvgIpc) is 4.11. The molecule has 0 amide bonds. The van der Waals surface area contributed by atoms with Crippen molar-refractivity contribution >= 4 is 49.3 Å². The minimum atomic E-state index is -4.64. The number of nitrogens with zero attached hydrogens (tertiary/aromatic N) is 7. The van der Waals surface area contributed by atoms with E-state index in [1.165, 1.54) is 6.07 Å². The monoisotopic (exact) mass is 995 g/mol. The lowest BCUT2D eigenvalue weighted by Crippen LogP contribution is -2.08. The molecule has 0 atom stereocenters. The predicted octanol–water partition coefficient (Wildman–Crippen LogP) is 17.6. The molecule has 0 unspecified atom stereocenters. The van der Waals surface area contributed by atoms with Crippen LogP contribution in [0.5, 0.6) is 0 Å². The fourth-order valence-corrected chi connectivity index (χ4v) is 10.8. The van der Waals surface area contributed by atoms with Crippen molar-refractivity contribution in [3.8, 4) is 91.3 Å². The molecule has 0 aliphatic heterocycles. The van der Waals surface area contributed by atoms with Gasteiger partial charge in [0.05, 0.1) is 92.1 Å². The number of hydrogen-bond acceptors (Lipinski definition) is 4. The molecule has 10 aromatic carbocycles. The summed E-state index contributed by atoms with van der Waals surface area (Å²) >= 11 is 0. The Balaban J connectivity index is 1.26. The van der Waals surface area contributed by atoms with Gasteiger partial charge in [-0.15, -0.1) is 0 Å². The van der Waals surface area contributed by atoms with Gasteiger partial charge in [0.25, 0.3) is 0 Å². The van der Waals surface area contributed by atoms with Crippen LogP contribution in [0.4, 0.5) is 18.9 Å². The quantitative estimate of drug-likeness (QED) is 0.148. The summed E-state index contributed by atoms with van der Waals surface area (Å²) in [6.07, 6.45) is -4.64. The van der Waals surface area contributed by atoms with Crippen LogP contribution in [0, 0.1) is 58.8 Å². The molecule has 2 heterocycles. The van der Waals surface area contributed by atoms with Gasteiger partial charge in [-0.3, -0.25) is 0 Å². The number of rotatable bonds is 7. The number of benzene rings is 10. The van der Waals surface area contributed by atoms with Crippen molar-refractivity contribution in [3.63, 3.8) is 0 Å². The highest BCUT2D eigenvalue weighted by atomic mass is 19.4. The maximum absolute atomic E-state index is 14.7. The van der Waals surface area contributed by atoms with E-state index in [0.717, 1.165) is 100 Å². The van der Waals surface area contributed by atoms with Gasteiger partial charge in [-0.1, -0.05) is 109 Å². The molecule has 0 bridgehead atoms. The molecule has 0 aliphatic carbocycles. The fourth-order valence-electron chi connectivity index (χ4n) is 10.8. The number of alkyl halides is 3. The van der Waals surface area contributed by atoms with E-state index in [1.807, 2.05) is 146 Å². The lowest BCUT2D eigenvalue weighted by Gasteiger charge is -2.23. The molecule has 12 rings (SSSR count). The highest BCUT2D eigenvalue weighted by Gasteiger charge is 2.32. The summed E-state index contributed by atoms with van der Waals surface area (Å²) in [6, 6.07) is 70.1. The zero-order valence-electron chi connectivity index (χ0n) is 40.8. The smallest absolute Gasteiger partial charge is 0.308 e. The molecule has 360 valence electrons. The second-order valence-corrected chi connectivity index (χ2v) is 18.9. The van der Waals surface area contributed by atoms with Gasteiger partial charge in [0, 0.05) is 27.1 Å². The molecular weight excluding hydrogens is 960 g/mol. The molecule has 7 nitrogen and oxygen atoms in total. The first-order valence-corrected chi connectivity index (χ1v) is 24.4. The fraction of sp³-hybridized carbons (Fsp3) is 0.0299. The molecule has 0 saturated carbocycles. The van der Waals surface area contributed by atoms with Crippen molar-refractivity contribution in [2.75, 3.05) is 0 Å². The van der Waals surface area contributed by atoms with Crippen LogP contribution < -0.4 is 0 Å². The summed E-state index contributed by atoms with van der Waals surface area (Å²) < 4.78 is 48.2. The molecule has 0 aliphatic rings. The van der Waals surface area contributed by atoms with Gasteiger partial charge in [-0.2, -0.15) is 34.2 Å². The largest absolute Gasteiger partial charge is 0.416 e. The van der Waals surface area contributed by atoms with Crippen molar-refractivity contribution in [2.45, 2.75) is 13.1 Å². The zero-order valence-corrected chi connectivity index (χ0v) is 40.8. The summed E-state index contributed by atoms with van der Waals surface area (Å²) in [4.78, 5) is 3.70. The van der Waals surface area contributed by atoms with Gasteiger partial charge in [-0.25, -0.2) is 4.85 Å². The number of halogens is 3. The van der Waals surface area contributed by atoms with Crippen molar-refractivity contribution in [3.05, 3.63) is 245 Å². The number of nitriles is 4.